The zero-order valence-electron chi connectivity index (χ0n) is 15.9. The number of carbonyl (C=O) groups excluding carboxylic acids is 1. The van der Waals surface area contributed by atoms with E-state index in [1.807, 2.05) is 42.5 Å². The number of morpholine rings is 1. The average Bonchev–Trinajstić information content (AvgIpc) is 3.40. The summed E-state index contributed by atoms with van der Waals surface area (Å²) < 4.78 is 10.8. The summed E-state index contributed by atoms with van der Waals surface area (Å²) >= 11 is 0. The van der Waals surface area contributed by atoms with Crippen molar-refractivity contribution < 1.29 is 13.9 Å². The number of amides is 1. The van der Waals surface area contributed by atoms with Crippen molar-refractivity contribution in [2.45, 2.75) is 0 Å². The summed E-state index contributed by atoms with van der Waals surface area (Å²) in [5.41, 5.74) is 5.33. The maximum absolute atomic E-state index is 12.4. The van der Waals surface area contributed by atoms with E-state index in [1.54, 1.807) is 12.5 Å². The molecule has 0 atom stereocenters. The van der Waals surface area contributed by atoms with Crippen molar-refractivity contribution >= 4 is 28.5 Å². The molecule has 2 aromatic carbocycles. The Labute approximate surface area is 168 Å². The highest BCUT2D eigenvalue weighted by atomic mass is 16.5. The molecule has 0 unspecified atom stereocenters. The van der Waals surface area contributed by atoms with Crippen LogP contribution in [0.5, 0.6) is 0 Å². The molecule has 2 N–H and O–H groups in total. The van der Waals surface area contributed by atoms with Crippen molar-refractivity contribution in [3.05, 3.63) is 72.6 Å². The van der Waals surface area contributed by atoms with Gasteiger partial charge in [0.2, 0.25) is 0 Å². The van der Waals surface area contributed by atoms with Crippen LogP contribution >= 0.6 is 0 Å². The van der Waals surface area contributed by atoms with Crippen LogP contribution in [0.4, 0.5) is 17.1 Å². The molecule has 29 heavy (non-hydrogen) atoms. The van der Waals surface area contributed by atoms with E-state index in [0.717, 1.165) is 54.6 Å². The Bertz CT molecular complexity index is 1050. The minimum absolute atomic E-state index is 0.117. The third-order valence-electron chi connectivity index (χ3n) is 5.23. The highest BCUT2D eigenvalue weighted by molar-refractivity contribution is 6.31. The lowest BCUT2D eigenvalue weighted by Gasteiger charge is -2.28. The molecule has 5 rings (SSSR count). The van der Waals surface area contributed by atoms with Crippen molar-refractivity contribution in [1.82, 2.24) is 0 Å². The number of hydrogen-bond donors (Lipinski definition) is 2. The van der Waals surface area contributed by atoms with E-state index in [2.05, 4.69) is 27.7 Å². The summed E-state index contributed by atoms with van der Waals surface area (Å²) in [5.74, 6) is 0.659. The Morgan fingerprint density at radius 2 is 1.86 bits per heavy atom. The van der Waals surface area contributed by atoms with Crippen LogP contribution in [0.15, 0.2) is 71.5 Å². The normalized spacial score (nSPS) is 17.3. The van der Waals surface area contributed by atoms with E-state index in [9.17, 15) is 4.79 Å². The minimum Gasteiger partial charge on any atom is -0.464 e. The first-order chi connectivity index (χ1) is 14.3. The van der Waals surface area contributed by atoms with Gasteiger partial charge in [-0.1, -0.05) is 12.1 Å². The molecule has 0 bridgehead atoms. The van der Waals surface area contributed by atoms with Gasteiger partial charge in [-0.3, -0.25) is 4.79 Å². The monoisotopic (exact) mass is 387 g/mol. The van der Waals surface area contributed by atoms with Gasteiger partial charge in [0.15, 0.2) is 0 Å². The quantitative estimate of drug-likeness (QED) is 0.657. The van der Waals surface area contributed by atoms with Crippen molar-refractivity contribution in [2.75, 3.05) is 41.8 Å². The molecule has 0 radical (unpaired) electrons. The van der Waals surface area contributed by atoms with E-state index in [1.165, 1.54) is 5.69 Å². The van der Waals surface area contributed by atoms with Crippen molar-refractivity contribution in [3.8, 4) is 11.3 Å². The third-order valence-corrected chi connectivity index (χ3v) is 5.23. The number of fused-ring (bicyclic) bond motifs is 1. The van der Waals surface area contributed by atoms with Crippen LogP contribution in [0.2, 0.25) is 0 Å². The zero-order valence-corrected chi connectivity index (χ0v) is 15.9. The SMILES string of the molecule is O=C1Nc2cc(-c3ccco3)ccc2/C1=C\Nc1ccc(N2CCOCC2)cc1. The largest absolute Gasteiger partial charge is 0.464 e. The molecule has 1 saturated heterocycles. The van der Waals surface area contributed by atoms with Crippen molar-refractivity contribution in [3.63, 3.8) is 0 Å². The lowest BCUT2D eigenvalue weighted by molar-refractivity contribution is -0.110. The number of benzene rings is 2. The van der Waals surface area contributed by atoms with E-state index in [0.29, 0.717) is 5.57 Å². The zero-order chi connectivity index (χ0) is 19.6. The molecule has 3 heterocycles. The smallest absolute Gasteiger partial charge is 0.257 e. The molecule has 0 spiro atoms. The third kappa shape index (κ3) is 3.50. The maximum Gasteiger partial charge on any atom is 0.257 e. The first-order valence-electron chi connectivity index (χ1n) is 9.67. The maximum atomic E-state index is 12.4. The molecule has 0 saturated carbocycles. The Kier molecular flexibility index (Phi) is 4.54. The Morgan fingerprint density at radius 3 is 2.62 bits per heavy atom. The molecule has 6 heteroatoms. The molecule has 6 nitrogen and oxygen atoms in total. The van der Waals surface area contributed by atoms with Gasteiger partial charge in [-0.2, -0.15) is 0 Å². The van der Waals surface area contributed by atoms with Gasteiger partial charge in [0.1, 0.15) is 5.76 Å². The molecule has 1 aromatic heterocycles. The minimum atomic E-state index is -0.117. The number of nitrogens with zero attached hydrogens (tertiary/aromatic N) is 1. The molecule has 146 valence electrons. The van der Waals surface area contributed by atoms with Crippen LogP contribution in [-0.4, -0.2) is 32.2 Å². The van der Waals surface area contributed by atoms with Crippen LogP contribution in [0, 0.1) is 0 Å². The number of nitrogens with one attached hydrogen (secondary N) is 2. The molecule has 1 fully saturated rings. The summed E-state index contributed by atoms with van der Waals surface area (Å²) in [6.07, 6.45) is 3.40. The summed E-state index contributed by atoms with van der Waals surface area (Å²) in [6, 6.07) is 17.8. The number of hydrogen-bond acceptors (Lipinski definition) is 5. The molecule has 1 amide bonds. The second-order valence-electron chi connectivity index (χ2n) is 7.04. The lowest BCUT2D eigenvalue weighted by Crippen LogP contribution is -2.36. The molecular formula is C23H21N3O3. The van der Waals surface area contributed by atoms with E-state index < -0.39 is 0 Å². The van der Waals surface area contributed by atoms with Crippen LogP contribution in [0.3, 0.4) is 0 Å². The molecule has 3 aromatic rings. The van der Waals surface area contributed by atoms with Crippen LogP contribution in [0.25, 0.3) is 16.9 Å². The molecule has 2 aliphatic rings. The van der Waals surface area contributed by atoms with Gasteiger partial charge in [0.25, 0.3) is 5.91 Å². The van der Waals surface area contributed by atoms with Gasteiger partial charge < -0.3 is 24.7 Å². The van der Waals surface area contributed by atoms with Gasteiger partial charge in [0.05, 0.1) is 25.1 Å². The highest BCUT2D eigenvalue weighted by Gasteiger charge is 2.24. The van der Waals surface area contributed by atoms with Crippen LogP contribution in [-0.2, 0) is 9.53 Å². The lowest BCUT2D eigenvalue weighted by atomic mass is 10.0. The summed E-state index contributed by atoms with van der Waals surface area (Å²) in [7, 11) is 0. The number of carbonyl (C=O) groups is 1. The number of furan rings is 1. The van der Waals surface area contributed by atoms with Gasteiger partial charge >= 0.3 is 0 Å². The van der Waals surface area contributed by atoms with Crippen molar-refractivity contribution in [1.29, 1.82) is 0 Å². The second kappa shape index (κ2) is 7.48. The first-order valence-corrected chi connectivity index (χ1v) is 9.67. The Balaban J connectivity index is 1.33. The van der Waals surface area contributed by atoms with E-state index >= 15 is 0 Å². The molecule has 2 aliphatic heterocycles. The number of ether oxygens (including phenoxy) is 1. The fourth-order valence-electron chi connectivity index (χ4n) is 3.68. The van der Waals surface area contributed by atoms with Crippen LogP contribution in [0.1, 0.15) is 5.56 Å². The summed E-state index contributed by atoms with van der Waals surface area (Å²) in [4.78, 5) is 14.8. The van der Waals surface area contributed by atoms with E-state index in [4.69, 9.17) is 9.15 Å². The van der Waals surface area contributed by atoms with Gasteiger partial charge in [-0.25, -0.2) is 0 Å². The predicted molar refractivity (Wildman–Crippen MR) is 114 cm³/mol. The Morgan fingerprint density at radius 1 is 1.03 bits per heavy atom. The summed E-state index contributed by atoms with van der Waals surface area (Å²) in [6.45, 7) is 3.35. The summed E-state index contributed by atoms with van der Waals surface area (Å²) in [5, 5.41) is 6.18. The predicted octanol–water partition coefficient (Wildman–Crippen LogP) is 4.19. The Hall–Kier alpha value is -3.51. The van der Waals surface area contributed by atoms with E-state index in [-0.39, 0.29) is 5.91 Å². The van der Waals surface area contributed by atoms with Gasteiger partial charge in [-0.15, -0.1) is 0 Å². The number of anilines is 3. The fraction of sp³-hybridized carbons (Fsp3) is 0.174. The average molecular weight is 387 g/mol. The second-order valence-corrected chi connectivity index (χ2v) is 7.04. The first kappa shape index (κ1) is 17.6. The fourth-order valence-corrected chi connectivity index (χ4v) is 3.68. The topological polar surface area (TPSA) is 66.7 Å². The van der Waals surface area contributed by atoms with Gasteiger partial charge in [-0.05, 0) is 42.5 Å². The highest BCUT2D eigenvalue weighted by Crippen LogP contribution is 2.35. The van der Waals surface area contributed by atoms with Crippen LogP contribution < -0.4 is 15.5 Å². The molecule has 0 aliphatic carbocycles. The number of rotatable bonds is 4. The standard InChI is InChI=1S/C23H21N3O3/c27-23-20(19-8-3-16(14-21(19)25-23)22-2-1-11-29-22)15-24-17-4-6-18(7-5-17)26-9-12-28-13-10-26/h1-8,11,14-15,24H,9-10,12-13H2,(H,25,27)/b20-15+. The van der Waals surface area contributed by atoms with Crippen molar-refractivity contribution in [2.24, 2.45) is 0 Å². The van der Waals surface area contributed by atoms with Gasteiger partial charge in [0, 0.05) is 47.5 Å². The molecular weight excluding hydrogens is 366 g/mol.